The van der Waals surface area contributed by atoms with Crippen LogP contribution in [0.4, 0.5) is 0 Å². The number of amides is 1. The Morgan fingerprint density at radius 1 is 0.588 bits per heavy atom. The predicted octanol–water partition coefficient (Wildman–Crippen LogP) is 12.6. The van der Waals surface area contributed by atoms with Crippen LogP contribution in [0.2, 0.25) is 0 Å². The smallest absolute Gasteiger partial charge is 0.394 e. The minimum atomic E-state index is -5.09. The molecule has 0 aromatic rings. The number of hydrogen-bond donors (Lipinski definition) is 6. The molecule has 1 amide bonds. The van der Waals surface area contributed by atoms with E-state index in [1.54, 1.807) is 6.08 Å². The third-order valence-electron chi connectivity index (χ3n) is 13.2. The molecule has 1 aliphatic heterocycles. The number of carbonyl (C=O) groups is 1. The third-order valence-corrected chi connectivity index (χ3v) is 13.6. The molecule has 1 fully saturated rings. The Morgan fingerprint density at radius 3 is 1.40 bits per heavy atom. The minimum Gasteiger partial charge on any atom is -0.394 e. The SMILES string of the molecule is CCCCCCCCCCC/C=C\C/C=C\CCCCCCCCCCCCCC(=O)NC(COC1OC(CO)C(O)C(OS(=O)(=O)O)C1O)C(O)/C=C/CCCCCCCCCCCCCC. The molecule has 1 saturated heterocycles. The van der Waals surface area contributed by atoms with Crippen molar-refractivity contribution in [1.82, 2.24) is 5.32 Å². The maximum Gasteiger partial charge on any atom is 0.397 e. The van der Waals surface area contributed by atoms with Crippen LogP contribution in [0.3, 0.4) is 0 Å². The summed E-state index contributed by atoms with van der Waals surface area (Å²) in [6, 6.07) is -0.945. The third kappa shape index (κ3) is 37.1. The molecular weight excluding hydrogens is 883 g/mol. The van der Waals surface area contributed by atoms with Gasteiger partial charge in [0.05, 0.1) is 25.4 Å². The Morgan fingerprint density at radius 2 is 0.985 bits per heavy atom. The zero-order chi connectivity index (χ0) is 49.8. The van der Waals surface area contributed by atoms with Gasteiger partial charge in [0.25, 0.3) is 0 Å². The molecule has 13 heteroatoms. The van der Waals surface area contributed by atoms with Gasteiger partial charge in [0.1, 0.15) is 24.4 Å². The molecule has 1 heterocycles. The maximum absolute atomic E-state index is 13.1. The molecule has 0 aliphatic carbocycles. The Hall–Kier alpha value is -1.68. The Labute approximate surface area is 415 Å². The van der Waals surface area contributed by atoms with E-state index in [2.05, 4.69) is 47.7 Å². The number of rotatable bonds is 48. The second-order valence-electron chi connectivity index (χ2n) is 19.5. The quantitative estimate of drug-likeness (QED) is 0.0193. The summed E-state index contributed by atoms with van der Waals surface area (Å²) in [4.78, 5) is 13.1. The molecule has 7 atom stereocenters. The summed E-state index contributed by atoms with van der Waals surface area (Å²) in [7, 11) is -5.09. The highest BCUT2D eigenvalue weighted by atomic mass is 32.3. The van der Waals surface area contributed by atoms with Crippen LogP contribution in [0, 0.1) is 0 Å². The molecule has 0 bridgehead atoms. The highest BCUT2D eigenvalue weighted by molar-refractivity contribution is 7.80. The standard InChI is InChI=1S/C55H103NO11S/c1-3-5-7-9-11-13-15-17-19-20-21-22-23-24-25-26-27-28-29-30-31-33-35-37-39-41-43-45-51(59)56-48(47-65-55-53(61)54(67-68(62,63)64)52(60)50(46-57)66-55)49(58)44-42-40-38-36-34-32-18-16-14-12-10-8-6-4-2/h21-22,24-25,42,44,48-50,52-55,57-58,60-61H,3-20,23,26-41,43,45-47H2,1-2H3,(H,56,59)(H,62,63,64)/b22-21-,25-24-,44-42+. The summed E-state index contributed by atoms with van der Waals surface area (Å²) in [5, 5.41) is 44.9. The fourth-order valence-corrected chi connectivity index (χ4v) is 9.35. The number of allylic oxidation sites excluding steroid dienone is 5. The lowest BCUT2D eigenvalue weighted by Gasteiger charge is -2.41. The van der Waals surface area contributed by atoms with Crippen LogP contribution in [-0.4, -0.2) is 95.4 Å². The van der Waals surface area contributed by atoms with E-state index >= 15 is 0 Å². The van der Waals surface area contributed by atoms with Crippen molar-refractivity contribution in [3.63, 3.8) is 0 Å². The lowest BCUT2D eigenvalue weighted by molar-refractivity contribution is -0.298. The normalized spacial score (nSPS) is 20.0. The van der Waals surface area contributed by atoms with Crippen LogP contribution in [-0.2, 0) is 28.9 Å². The van der Waals surface area contributed by atoms with E-state index in [1.165, 1.54) is 180 Å². The van der Waals surface area contributed by atoms with Crippen molar-refractivity contribution in [2.75, 3.05) is 13.2 Å². The highest BCUT2D eigenvalue weighted by Gasteiger charge is 2.48. The van der Waals surface area contributed by atoms with E-state index in [-0.39, 0.29) is 18.9 Å². The molecule has 12 nitrogen and oxygen atoms in total. The maximum atomic E-state index is 13.1. The number of carbonyl (C=O) groups excluding carboxylic acids is 1. The summed E-state index contributed by atoms with van der Waals surface area (Å²) in [5.74, 6) is -0.264. The van der Waals surface area contributed by atoms with Crippen molar-refractivity contribution >= 4 is 16.3 Å². The Kier molecular flexibility index (Phi) is 42.8. The van der Waals surface area contributed by atoms with Crippen molar-refractivity contribution in [2.45, 2.75) is 294 Å². The fraction of sp³-hybridized carbons (Fsp3) is 0.873. The second-order valence-corrected chi connectivity index (χ2v) is 20.6. The first-order valence-corrected chi connectivity index (χ1v) is 29.2. The van der Waals surface area contributed by atoms with Crippen LogP contribution in [0.15, 0.2) is 36.5 Å². The van der Waals surface area contributed by atoms with Gasteiger partial charge in [-0.2, -0.15) is 8.42 Å². The van der Waals surface area contributed by atoms with Crippen LogP contribution >= 0.6 is 0 Å². The lowest BCUT2D eigenvalue weighted by atomic mass is 9.99. The van der Waals surface area contributed by atoms with Gasteiger partial charge in [-0.15, -0.1) is 0 Å². The van der Waals surface area contributed by atoms with Gasteiger partial charge in [0.2, 0.25) is 5.91 Å². The molecule has 0 aromatic heterocycles. The van der Waals surface area contributed by atoms with Crippen LogP contribution in [0.1, 0.15) is 251 Å². The first-order chi connectivity index (χ1) is 33.0. The van der Waals surface area contributed by atoms with Crippen molar-refractivity contribution in [1.29, 1.82) is 0 Å². The molecule has 1 rings (SSSR count). The lowest BCUT2D eigenvalue weighted by Crippen LogP contribution is -2.61. The van der Waals surface area contributed by atoms with Crippen molar-refractivity contribution < 1.29 is 51.8 Å². The van der Waals surface area contributed by atoms with Crippen LogP contribution < -0.4 is 5.32 Å². The Bertz CT molecular complexity index is 1340. The van der Waals surface area contributed by atoms with Crippen molar-refractivity contribution in [2.24, 2.45) is 0 Å². The summed E-state index contributed by atoms with van der Waals surface area (Å²) < 4.78 is 47.7. The molecular formula is C55H103NO11S. The van der Waals surface area contributed by atoms with Gasteiger partial charge >= 0.3 is 10.4 Å². The zero-order valence-electron chi connectivity index (χ0n) is 43.2. The molecule has 0 radical (unpaired) electrons. The summed E-state index contributed by atoms with van der Waals surface area (Å²) in [6.45, 7) is 3.40. The number of aliphatic hydroxyl groups is 4. The molecule has 0 spiro atoms. The minimum absolute atomic E-state index is 0.264. The van der Waals surface area contributed by atoms with Crippen molar-refractivity contribution in [3.05, 3.63) is 36.5 Å². The monoisotopic (exact) mass is 986 g/mol. The van der Waals surface area contributed by atoms with Gasteiger partial charge in [-0.25, -0.2) is 4.18 Å². The average Bonchev–Trinajstić information content (AvgIpc) is 3.31. The summed E-state index contributed by atoms with van der Waals surface area (Å²) in [5.41, 5.74) is 0. The van der Waals surface area contributed by atoms with E-state index in [0.717, 1.165) is 44.9 Å². The number of aliphatic hydroxyl groups excluding tert-OH is 4. The summed E-state index contributed by atoms with van der Waals surface area (Å²) >= 11 is 0. The van der Waals surface area contributed by atoms with Gasteiger partial charge in [0, 0.05) is 6.42 Å². The number of nitrogens with one attached hydrogen (secondary N) is 1. The summed E-state index contributed by atoms with van der Waals surface area (Å²) in [6.07, 6.45) is 47.6. The van der Waals surface area contributed by atoms with Crippen LogP contribution in [0.5, 0.6) is 0 Å². The second kappa shape index (κ2) is 45.2. The molecule has 1 aliphatic rings. The Balaban J connectivity index is 2.34. The molecule has 0 saturated carbocycles. The molecule has 68 heavy (non-hydrogen) atoms. The van der Waals surface area contributed by atoms with Crippen LogP contribution in [0.25, 0.3) is 0 Å². The molecule has 0 aromatic carbocycles. The van der Waals surface area contributed by atoms with Gasteiger partial charge < -0.3 is 35.2 Å². The number of ether oxygens (including phenoxy) is 2. The van der Waals surface area contributed by atoms with Gasteiger partial charge in [-0.05, 0) is 51.4 Å². The van der Waals surface area contributed by atoms with Gasteiger partial charge in [-0.1, -0.05) is 230 Å². The highest BCUT2D eigenvalue weighted by Crippen LogP contribution is 2.26. The van der Waals surface area contributed by atoms with E-state index in [1.807, 2.05) is 6.08 Å². The average molecular weight is 986 g/mol. The molecule has 400 valence electrons. The number of hydrogen-bond acceptors (Lipinski definition) is 10. The van der Waals surface area contributed by atoms with Gasteiger partial charge in [0.15, 0.2) is 6.29 Å². The zero-order valence-corrected chi connectivity index (χ0v) is 44.0. The molecule has 6 N–H and O–H groups in total. The molecule has 7 unspecified atom stereocenters. The van der Waals surface area contributed by atoms with E-state index in [4.69, 9.17) is 9.47 Å². The first kappa shape index (κ1) is 64.3. The van der Waals surface area contributed by atoms with Crippen molar-refractivity contribution in [3.8, 4) is 0 Å². The van der Waals surface area contributed by atoms with Gasteiger partial charge in [-0.3, -0.25) is 9.35 Å². The largest absolute Gasteiger partial charge is 0.397 e. The van der Waals surface area contributed by atoms with E-state index in [9.17, 15) is 38.2 Å². The predicted molar refractivity (Wildman–Crippen MR) is 278 cm³/mol. The first-order valence-electron chi connectivity index (χ1n) is 27.9. The topological polar surface area (TPSA) is 192 Å². The van der Waals surface area contributed by atoms with E-state index in [0.29, 0.717) is 6.42 Å². The van der Waals surface area contributed by atoms with E-state index < -0.39 is 59.9 Å². The fourth-order valence-electron chi connectivity index (χ4n) is 8.84. The number of unbranched alkanes of at least 4 members (excludes halogenated alkanes) is 32.